The fourth-order valence-corrected chi connectivity index (χ4v) is 2.50. The summed E-state index contributed by atoms with van der Waals surface area (Å²) in [5.74, 6) is -0.455. The second-order valence-corrected chi connectivity index (χ2v) is 5.49. The molecule has 0 fully saturated rings. The number of hydrogen-bond acceptors (Lipinski definition) is 4. The molecule has 3 rings (SSSR count). The number of aromatic nitrogens is 1. The lowest BCUT2D eigenvalue weighted by Gasteiger charge is -2.18. The van der Waals surface area contributed by atoms with Crippen molar-refractivity contribution in [1.82, 2.24) is 4.98 Å². The van der Waals surface area contributed by atoms with E-state index in [1.165, 1.54) is 12.1 Å². The molecule has 0 spiro atoms. The van der Waals surface area contributed by atoms with Crippen LogP contribution in [0.2, 0.25) is 0 Å². The van der Waals surface area contributed by atoms with Gasteiger partial charge in [-0.25, -0.2) is 4.39 Å². The van der Waals surface area contributed by atoms with Crippen LogP contribution < -0.4 is 11.1 Å². The number of nitrogens with one attached hydrogen (secondary N) is 1. The molecule has 1 aromatic heterocycles. The van der Waals surface area contributed by atoms with E-state index in [0.29, 0.717) is 5.56 Å². The molecule has 4 N–H and O–H groups in total. The number of benzene rings is 2. The van der Waals surface area contributed by atoms with Crippen molar-refractivity contribution in [2.24, 2.45) is 0 Å². The normalized spacial score (nSPS) is 11.9. The van der Waals surface area contributed by atoms with E-state index in [4.69, 9.17) is 5.73 Å². The van der Waals surface area contributed by atoms with Crippen molar-refractivity contribution >= 4 is 11.4 Å². The molecule has 24 heavy (non-hydrogen) atoms. The van der Waals surface area contributed by atoms with Crippen LogP contribution in [0.1, 0.15) is 11.6 Å². The maximum absolute atomic E-state index is 13.7. The van der Waals surface area contributed by atoms with Crippen LogP contribution in [0.3, 0.4) is 0 Å². The third-order valence-corrected chi connectivity index (χ3v) is 3.80. The number of hydrogen-bond donors (Lipinski definition) is 3. The van der Waals surface area contributed by atoms with Crippen LogP contribution >= 0.6 is 0 Å². The van der Waals surface area contributed by atoms with Gasteiger partial charge in [-0.3, -0.25) is 4.98 Å². The van der Waals surface area contributed by atoms with E-state index in [1.54, 1.807) is 18.5 Å². The van der Waals surface area contributed by atoms with Gasteiger partial charge >= 0.3 is 0 Å². The highest BCUT2D eigenvalue weighted by Gasteiger charge is 2.11. The number of rotatable bonds is 5. The number of nitrogen functional groups attached to an aromatic ring is 1. The molecule has 4 nitrogen and oxygen atoms in total. The molecule has 0 aliphatic heterocycles. The van der Waals surface area contributed by atoms with E-state index >= 15 is 0 Å². The van der Waals surface area contributed by atoms with Gasteiger partial charge in [0.1, 0.15) is 5.82 Å². The maximum atomic E-state index is 13.7. The lowest BCUT2D eigenvalue weighted by Crippen LogP contribution is -2.14. The molecule has 2 aromatic carbocycles. The Bertz CT molecular complexity index is 824. The summed E-state index contributed by atoms with van der Waals surface area (Å²) in [6.45, 7) is -0.0509. The highest BCUT2D eigenvalue weighted by Crippen LogP contribution is 2.26. The third-order valence-electron chi connectivity index (χ3n) is 3.80. The highest BCUT2D eigenvalue weighted by molar-refractivity contribution is 5.68. The fraction of sp³-hybridized carbons (Fsp3) is 0.105. The fourth-order valence-electron chi connectivity index (χ4n) is 2.50. The molecule has 1 unspecified atom stereocenters. The Kier molecular flexibility index (Phi) is 4.72. The smallest absolute Gasteiger partial charge is 0.146 e. The van der Waals surface area contributed by atoms with Gasteiger partial charge in [0.05, 0.1) is 24.0 Å². The van der Waals surface area contributed by atoms with Gasteiger partial charge in [-0.05, 0) is 29.3 Å². The van der Waals surface area contributed by atoms with Crippen LogP contribution in [0.15, 0.2) is 67.0 Å². The van der Waals surface area contributed by atoms with Crippen molar-refractivity contribution < 1.29 is 9.50 Å². The van der Waals surface area contributed by atoms with Crippen molar-refractivity contribution in [2.75, 3.05) is 17.7 Å². The zero-order chi connectivity index (χ0) is 16.9. The van der Waals surface area contributed by atoms with Crippen LogP contribution in [0.4, 0.5) is 15.8 Å². The molecular weight excluding hydrogens is 305 g/mol. The maximum Gasteiger partial charge on any atom is 0.146 e. The SMILES string of the molecule is Nc1ccc(-c2cncc(NC(CO)c3ccccc3)c2)cc1F. The molecule has 122 valence electrons. The molecule has 3 aromatic rings. The Morgan fingerprint density at radius 2 is 1.83 bits per heavy atom. The van der Waals surface area contributed by atoms with E-state index in [0.717, 1.165) is 16.8 Å². The number of aliphatic hydroxyl groups is 1. The predicted octanol–water partition coefficient (Wildman–Crippen LogP) is 3.62. The third kappa shape index (κ3) is 3.52. The second-order valence-electron chi connectivity index (χ2n) is 5.49. The molecule has 0 aliphatic carbocycles. The minimum Gasteiger partial charge on any atom is -0.396 e. The van der Waals surface area contributed by atoms with Gasteiger partial charge in [0.25, 0.3) is 0 Å². The van der Waals surface area contributed by atoms with E-state index in [1.807, 2.05) is 36.4 Å². The molecule has 0 saturated heterocycles. The topological polar surface area (TPSA) is 71.2 Å². The average Bonchev–Trinajstić information content (AvgIpc) is 2.63. The summed E-state index contributed by atoms with van der Waals surface area (Å²) < 4.78 is 13.7. The van der Waals surface area contributed by atoms with Gasteiger partial charge in [0.2, 0.25) is 0 Å². The summed E-state index contributed by atoms with van der Waals surface area (Å²) in [6, 6.07) is 15.9. The van der Waals surface area contributed by atoms with Crippen LogP contribution in [0.5, 0.6) is 0 Å². The summed E-state index contributed by atoms with van der Waals surface area (Å²) in [5.41, 5.74) is 8.81. The number of pyridine rings is 1. The zero-order valence-electron chi connectivity index (χ0n) is 13.0. The minimum atomic E-state index is -0.455. The van der Waals surface area contributed by atoms with Gasteiger partial charge in [-0.15, -0.1) is 0 Å². The minimum absolute atomic E-state index is 0.0509. The molecule has 0 bridgehead atoms. The first-order chi connectivity index (χ1) is 11.7. The van der Waals surface area contributed by atoms with Crippen molar-refractivity contribution in [1.29, 1.82) is 0 Å². The number of aliphatic hydroxyl groups excluding tert-OH is 1. The number of nitrogens with zero attached hydrogens (tertiary/aromatic N) is 1. The van der Waals surface area contributed by atoms with Crippen LogP contribution in [-0.2, 0) is 0 Å². The largest absolute Gasteiger partial charge is 0.396 e. The Balaban J connectivity index is 1.86. The summed E-state index contributed by atoms with van der Waals surface area (Å²) in [4.78, 5) is 4.20. The number of nitrogens with two attached hydrogens (primary N) is 1. The quantitative estimate of drug-likeness (QED) is 0.627. The molecule has 0 aliphatic rings. The monoisotopic (exact) mass is 323 g/mol. The lowest BCUT2D eigenvalue weighted by molar-refractivity contribution is 0.276. The molecule has 1 heterocycles. The molecule has 5 heteroatoms. The van der Waals surface area contributed by atoms with Gasteiger partial charge in [-0.2, -0.15) is 0 Å². The van der Waals surface area contributed by atoms with Crippen LogP contribution in [0, 0.1) is 5.82 Å². The van der Waals surface area contributed by atoms with Crippen molar-refractivity contribution in [3.63, 3.8) is 0 Å². The summed E-state index contributed by atoms with van der Waals surface area (Å²) >= 11 is 0. The average molecular weight is 323 g/mol. The van der Waals surface area contributed by atoms with Gasteiger partial charge < -0.3 is 16.2 Å². The van der Waals surface area contributed by atoms with E-state index in [9.17, 15) is 9.50 Å². The number of halogens is 1. The molecular formula is C19H18FN3O. The first-order valence-electron chi connectivity index (χ1n) is 7.60. The first kappa shape index (κ1) is 16.0. The standard InChI is InChI=1S/C19H18FN3O/c20-17-9-14(6-7-18(17)21)15-8-16(11-22-10-15)23-19(12-24)13-4-2-1-3-5-13/h1-11,19,23-24H,12,21H2. The second kappa shape index (κ2) is 7.10. The van der Waals surface area contributed by atoms with Crippen molar-refractivity contribution in [2.45, 2.75) is 6.04 Å². The van der Waals surface area contributed by atoms with Gasteiger partial charge in [-0.1, -0.05) is 36.4 Å². The Labute approximate surface area is 139 Å². The lowest BCUT2D eigenvalue weighted by atomic mass is 10.1. The summed E-state index contributed by atoms with van der Waals surface area (Å²) in [5, 5.41) is 12.9. The molecule has 1 atom stereocenters. The van der Waals surface area contributed by atoms with Gasteiger partial charge in [0, 0.05) is 18.0 Å². The van der Waals surface area contributed by atoms with E-state index < -0.39 is 5.82 Å². The Morgan fingerprint density at radius 3 is 2.54 bits per heavy atom. The van der Waals surface area contributed by atoms with Crippen LogP contribution in [0.25, 0.3) is 11.1 Å². The first-order valence-corrected chi connectivity index (χ1v) is 7.60. The Morgan fingerprint density at radius 1 is 1.04 bits per heavy atom. The predicted molar refractivity (Wildman–Crippen MR) is 93.9 cm³/mol. The van der Waals surface area contributed by atoms with E-state index in [-0.39, 0.29) is 18.3 Å². The molecule has 0 amide bonds. The summed E-state index contributed by atoms with van der Waals surface area (Å²) in [6.07, 6.45) is 3.33. The zero-order valence-corrected chi connectivity index (χ0v) is 13.0. The number of anilines is 2. The van der Waals surface area contributed by atoms with Gasteiger partial charge in [0.15, 0.2) is 0 Å². The Hall–Kier alpha value is -2.92. The van der Waals surface area contributed by atoms with Crippen molar-refractivity contribution in [3.8, 4) is 11.1 Å². The summed E-state index contributed by atoms with van der Waals surface area (Å²) in [7, 11) is 0. The van der Waals surface area contributed by atoms with Crippen LogP contribution in [-0.4, -0.2) is 16.7 Å². The highest BCUT2D eigenvalue weighted by atomic mass is 19.1. The van der Waals surface area contributed by atoms with E-state index in [2.05, 4.69) is 10.3 Å². The van der Waals surface area contributed by atoms with Crippen molar-refractivity contribution in [3.05, 3.63) is 78.4 Å². The molecule has 0 saturated carbocycles. The molecule has 0 radical (unpaired) electrons.